The van der Waals surface area contributed by atoms with Gasteiger partial charge in [-0.15, -0.1) is 0 Å². The van der Waals surface area contributed by atoms with E-state index in [-0.39, 0.29) is 15.5 Å². The van der Waals surface area contributed by atoms with Crippen LogP contribution < -0.4 is 4.72 Å². The zero-order chi connectivity index (χ0) is 15.6. The van der Waals surface area contributed by atoms with E-state index < -0.39 is 10.0 Å². The van der Waals surface area contributed by atoms with Crippen LogP contribution in [-0.4, -0.2) is 8.42 Å². The molecule has 0 atom stereocenters. The van der Waals surface area contributed by atoms with Crippen molar-refractivity contribution >= 4 is 38.9 Å². The van der Waals surface area contributed by atoms with Crippen LogP contribution in [0.4, 0.5) is 5.69 Å². The van der Waals surface area contributed by atoms with Crippen molar-refractivity contribution in [1.29, 1.82) is 5.26 Å². The zero-order valence-electron chi connectivity index (χ0n) is 10.9. The Morgan fingerprint density at radius 1 is 1.14 bits per heavy atom. The molecule has 0 heterocycles. The van der Waals surface area contributed by atoms with Crippen molar-refractivity contribution in [3.63, 3.8) is 0 Å². The molecule has 0 fully saturated rings. The molecule has 0 aliphatic carbocycles. The highest BCUT2D eigenvalue weighted by Gasteiger charge is 2.17. The zero-order valence-corrected chi connectivity index (χ0v) is 13.2. The molecule has 21 heavy (non-hydrogen) atoms. The van der Waals surface area contributed by atoms with Gasteiger partial charge in [0.2, 0.25) is 0 Å². The predicted octanol–water partition coefficient (Wildman–Crippen LogP) is 3.97. The summed E-state index contributed by atoms with van der Waals surface area (Å²) in [7, 11) is -3.78. The number of benzene rings is 2. The van der Waals surface area contributed by atoms with E-state index in [1.54, 1.807) is 25.1 Å². The molecule has 0 aliphatic heterocycles. The van der Waals surface area contributed by atoms with E-state index in [1.165, 1.54) is 18.2 Å². The lowest BCUT2D eigenvalue weighted by molar-refractivity contribution is 0.601. The van der Waals surface area contributed by atoms with Gasteiger partial charge in [-0.2, -0.15) is 5.26 Å². The van der Waals surface area contributed by atoms with Gasteiger partial charge < -0.3 is 0 Å². The highest BCUT2D eigenvalue weighted by atomic mass is 35.5. The van der Waals surface area contributed by atoms with Crippen LogP contribution in [0.15, 0.2) is 41.3 Å². The van der Waals surface area contributed by atoms with E-state index in [4.69, 9.17) is 28.5 Å². The Kier molecular flexibility index (Phi) is 4.43. The molecule has 0 amide bonds. The minimum Gasteiger partial charge on any atom is -0.279 e. The maximum Gasteiger partial charge on any atom is 0.261 e. The molecule has 0 radical (unpaired) electrons. The summed E-state index contributed by atoms with van der Waals surface area (Å²) in [5, 5.41) is 9.41. The van der Waals surface area contributed by atoms with E-state index in [2.05, 4.69) is 4.72 Å². The fourth-order valence-corrected chi connectivity index (χ4v) is 3.37. The molecule has 0 saturated heterocycles. The smallest absolute Gasteiger partial charge is 0.261 e. The topological polar surface area (TPSA) is 70.0 Å². The molecule has 2 aromatic carbocycles. The van der Waals surface area contributed by atoms with E-state index in [9.17, 15) is 8.42 Å². The van der Waals surface area contributed by atoms with Crippen molar-refractivity contribution in [2.75, 3.05) is 4.72 Å². The van der Waals surface area contributed by atoms with Gasteiger partial charge in [-0.1, -0.05) is 23.2 Å². The summed E-state index contributed by atoms with van der Waals surface area (Å²) in [5.41, 5.74) is 1.35. The quantitative estimate of drug-likeness (QED) is 0.918. The number of aryl methyl sites for hydroxylation is 1. The van der Waals surface area contributed by atoms with Crippen molar-refractivity contribution in [2.24, 2.45) is 0 Å². The molecule has 0 saturated carbocycles. The number of nitrogens with zero attached hydrogens (tertiary/aromatic N) is 1. The Labute approximate surface area is 133 Å². The number of halogens is 2. The van der Waals surface area contributed by atoms with Crippen LogP contribution >= 0.6 is 23.2 Å². The first-order valence-electron chi connectivity index (χ1n) is 5.82. The number of anilines is 1. The van der Waals surface area contributed by atoms with Crippen LogP contribution in [0.25, 0.3) is 0 Å². The van der Waals surface area contributed by atoms with Gasteiger partial charge in [-0.05, 0) is 48.9 Å². The molecule has 0 aromatic heterocycles. The van der Waals surface area contributed by atoms with E-state index in [0.717, 1.165) is 0 Å². The minimum atomic E-state index is -3.78. The fourth-order valence-electron chi connectivity index (χ4n) is 1.70. The molecule has 1 N–H and O–H groups in total. The predicted molar refractivity (Wildman–Crippen MR) is 83.2 cm³/mol. The van der Waals surface area contributed by atoms with E-state index >= 15 is 0 Å². The van der Waals surface area contributed by atoms with E-state index in [1.807, 2.05) is 6.07 Å². The van der Waals surface area contributed by atoms with Crippen LogP contribution in [0.1, 0.15) is 11.1 Å². The van der Waals surface area contributed by atoms with E-state index in [0.29, 0.717) is 16.3 Å². The summed E-state index contributed by atoms with van der Waals surface area (Å²) in [4.78, 5) is -0.0131. The first-order chi connectivity index (χ1) is 9.83. The second-order valence-corrected chi connectivity index (χ2v) is 6.84. The van der Waals surface area contributed by atoms with Gasteiger partial charge in [-0.3, -0.25) is 4.72 Å². The normalized spacial score (nSPS) is 11.0. The first-order valence-corrected chi connectivity index (χ1v) is 8.06. The average molecular weight is 341 g/mol. The van der Waals surface area contributed by atoms with Gasteiger partial charge in [0.25, 0.3) is 10.0 Å². The van der Waals surface area contributed by atoms with Crippen LogP contribution in [0, 0.1) is 18.3 Å². The van der Waals surface area contributed by atoms with Crippen molar-refractivity contribution < 1.29 is 8.42 Å². The van der Waals surface area contributed by atoms with Gasteiger partial charge in [0.15, 0.2) is 0 Å². The Bertz CT molecular complexity index is 843. The Morgan fingerprint density at radius 2 is 1.86 bits per heavy atom. The third-order valence-corrected chi connectivity index (χ3v) is 4.72. The van der Waals surface area contributed by atoms with Crippen LogP contribution in [-0.2, 0) is 10.0 Å². The SMILES string of the molecule is Cc1cc(Cl)ccc1NS(=O)(=O)c1ccc(C#N)c(Cl)c1. The number of sulfonamides is 1. The monoisotopic (exact) mass is 340 g/mol. The van der Waals surface area contributed by atoms with Crippen molar-refractivity contribution in [2.45, 2.75) is 11.8 Å². The second-order valence-electron chi connectivity index (χ2n) is 4.32. The molecule has 4 nitrogen and oxygen atoms in total. The maximum atomic E-state index is 12.3. The molecule has 2 aromatic rings. The molecular formula is C14H10Cl2N2O2S. The molecule has 7 heteroatoms. The van der Waals surface area contributed by atoms with Crippen molar-refractivity contribution in [1.82, 2.24) is 0 Å². The number of nitriles is 1. The van der Waals surface area contributed by atoms with Crippen LogP contribution in [0.5, 0.6) is 0 Å². The third-order valence-electron chi connectivity index (χ3n) is 2.80. The third kappa shape index (κ3) is 3.48. The van der Waals surface area contributed by atoms with Crippen LogP contribution in [0.3, 0.4) is 0 Å². The van der Waals surface area contributed by atoms with Crippen LogP contribution in [0.2, 0.25) is 10.0 Å². The van der Waals surface area contributed by atoms with Crippen molar-refractivity contribution in [3.05, 3.63) is 57.6 Å². The Balaban J connectivity index is 2.39. The molecular weight excluding hydrogens is 331 g/mol. The van der Waals surface area contributed by atoms with Gasteiger partial charge >= 0.3 is 0 Å². The molecule has 0 unspecified atom stereocenters. The van der Waals surface area contributed by atoms with Crippen molar-refractivity contribution in [3.8, 4) is 6.07 Å². The Morgan fingerprint density at radius 3 is 2.43 bits per heavy atom. The maximum absolute atomic E-state index is 12.3. The molecule has 0 bridgehead atoms. The van der Waals surface area contributed by atoms with Gasteiger partial charge in [-0.25, -0.2) is 8.42 Å². The summed E-state index contributed by atoms with van der Waals surface area (Å²) >= 11 is 11.7. The second kappa shape index (κ2) is 5.94. The number of hydrogen-bond donors (Lipinski definition) is 1. The lowest BCUT2D eigenvalue weighted by atomic mass is 10.2. The lowest BCUT2D eigenvalue weighted by Gasteiger charge is -2.11. The summed E-state index contributed by atoms with van der Waals surface area (Å²) in [6.45, 7) is 1.75. The van der Waals surface area contributed by atoms with Gasteiger partial charge in [0, 0.05) is 5.02 Å². The lowest BCUT2D eigenvalue weighted by Crippen LogP contribution is -2.13. The molecule has 0 spiro atoms. The summed E-state index contributed by atoms with van der Waals surface area (Å²) in [6.07, 6.45) is 0. The number of nitrogens with one attached hydrogen (secondary N) is 1. The highest BCUT2D eigenvalue weighted by Crippen LogP contribution is 2.25. The summed E-state index contributed by atoms with van der Waals surface area (Å²) < 4.78 is 27.1. The molecule has 2 rings (SSSR count). The number of rotatable bonds is 3. The summed E-state index contributed by atoms with van der Waals surface area (Å²) in [5.74, 6) is 0. The molecule has 0 aliphatic rings. The highest BCUT2D eigenvalue weighted by molar-refractivity contribution is 7.92. The standard InChI is InChI=1S/C14H10Cl2N2O2S/c1-9-6-11(15)3-5-14(9)18-21(19,20)12-4-2-10(8-17)13(16)7-12/h2-7,18H,1H3. The summed E-state index contributed by atoms with van der Waals surface area (Å²) in [6, 6.07) is 10.7. The Hall–Kier alpha value is -1.74. The van der Waals surface area contributed by atoms with Gasteiger partial charge in [0.1, 0.15) is 6.07 Å². The fraction of sp³-hybridized carbons (Fsp3) is 0.0714. The first kappa shape index (κ1) is 15.6. The molecule has 108 valence electrons. The average Bonchev–Trinajstić information content (AvgIpc) is 2.42. The minimum absolute atomic E-state index is 0.0131. The number of hydrogen-bond acceptors (Lipinski definition) is 3. The largest absolute Gasteiger partial charge is 0.279 e. The van der Waals surface area contributed by atoms with Gasteiger partial charge in [0.05, 0.1) is 21.2 Å².